The molecule has 2 heterocycles. The third-order valence-electron chi connectivity index (χ3n) is 5.49. The standard InChI is InChI=1S/C24H26ClN3O5/c1-13(2)12-33-18-7-4-14(10-19(18)32-3)23-20-21(16-11-15(25)5-6-17(16)30)26-27-22(20)24(31)28(23)8-9-29/h4-7,10-11,13,23,29-30H,8-9,12H2,1-3H3,(H,26,27). The Kier molecular flexibility index (Phi) is 6.49. The van der Waals surface area contributed by atoms with Gasteiger partial charge in [-0.3, -0.25) is 9.89 Å². The molecule has 3 N–H and O–H groups in total. The average molecular weight is 472 g/mol. The van der Waals surface area contributed by atoms with Crippen LogP contribution >= 0.6 is 11.6 Å². The van der Waals surface area contributed by atoms with Gasteiger partial charge in [-0.1, -0.05) is 31.5 Å². The number of hydrogen-bond acceptors (Lipinski definition) is 6. The van der Waals surface area contributed by atoms with Crippen LogP contribution < -0.4 is 9.47 Å². The van der Waals surface area contributed by atoms with Crippen LogP contribution in [0.3, 0.4) is 0 Å². The second kappa shape index (κ2) is 9.33. The SMILES string of the molecule is COc1cc(C2c3c(-c4cc(Cl)ccc4O)n[nH]c3C(=O)N2CCO)ccc1OCC(C)C. The molecule has 1 aromatic heterocycles. The number of aromatic nitrogens is 2. The third-order valence-corrected chi connectivity index (χ3v) is 5.73. The van der Waals surface area contributed by atoms with Crippen molar-refractivity contribution in [3.63, 3.8) is 0 Å². The molecule has 1 aliphatic rings. The zero-order valence-corrected chi connectivity index (χ0v) is 19.4. The number of rotatable bonds is 8. The number of hydrogen-bond donors (Lipinski definition) is 3. The van der Waals surface area contributed by atoms with E-state index in [1.807, 2.05) is 18.2 Å². The number of ether oxygens (including phenoxy) is 2. The first-order valence-electron chi connectivity index (χ1n) is 10.6. The minimum atomic E-state index is -0.556. The van der Waals surface area contributed by atoms with Crippen LogP contribution in [0.1, 0.15) is 41.5 Å². The summed E-state index contributed by atoms with van der Waals surface area (Å²) in [7, 11) is 1.56. The number of carbonyl (C=O) groups excluding carboxylic acids is 1. The van der Waals surface area contributed by atoms with Gasteiger partial charge < -0.3 is 24.6 Å². The maximum absolute atomic E-state index is 13.2. The van der Waals surface area contributed by atoms with Gasteiger partial charge in [0.05, 0.1) is 26.4 Å². The molecule has 33 heavy (non-hydrogen) atoms. The predicted octanol–water partition coefficient (Wildman–Crippen LogP) is 4.02. The van der Waals surface area contributed by atoms with E-state index in [0.717, 1.165) is 5.56 Å². The largest absolute Gasteiger partial charge is 0.507 e. The van der Waals surface area contributed by atoms with E-state index in [1.54, 1.807) is 24.1 Å². The van der Waals surface area contributed by atoms with Crippen LogP contribution in [0.15, 0.2) is 36.4 Å². The van der Waals surface area contributed by atoms with Gasteiger partial charge in [0, 0.05) is 22.7 Å². The molecule has 0 bridgehead atoms. The van der Waals surface area contributed by atoms with Gasteiger partial charge in [-0.05, 0) is 41.8 Å². The highest BCUT2D eigenvalue weighted by Crippen LogP contribution is 2.46. The van der Waals surface area contributed by atoms with E-state index in [0.29, 0.717) is 51.6 Å². The molecule has 0 saturated heterocycles. The monoisotopic (exact) mass is 471 g/mol. The smallest absolute Gasteiger partial charge is 0.273 e. The maximum atomic E-state index is 13.2. The number of benzene rings is 2. The van der Waals surface area contributed by atoms with Gasteiger partial charge in [0.2, 0.25) is 0 Å². The predicted molar refractivity (Wildman–Crippen MR) is 124 cm³/mol. The number of phenols is 1. The van der Waals surface area contributed by atoms with Crippen molar-refractivity contribution in [2.45, 2.75) is 19.9 Å². The molecule has 4 rings (SSSR count). The minimum Gasteiger partial charge on any atom is -0.507 e. The van der Waals surface area contributed by atoms with Gasteiger partial charge in [0.1, 0.15) is 17.1 Å². The molecule has 0 saturated carbocycles. The van der Waals surface area contributed by atoms with E-state index in [2.05, 4.69) is 24.0 Å². The zero-order chi connectivity index (χ0) is 23.7. The Balaban J connectivity index is 1.84. The number of aliphatic hydroxyl groups excluding tert-OH is 1. The molecule has 1 amide bonds. The van der Waals surface area contributed by atoms with Crippen molar-refractivity contribution in [3.8, 4) is 28.5 Å². The fourth-order valence-electron chi connectivity index (χ4n) is 4.01. The summed E-state index contributed by atoms with van der Waals surface area (Å²) in [4.78, 5) is 14.7. The molecule has 9 heteroatoms. The summed E-state index contributed by atoms with van der Waals surface area (Å²) in [6, 6.07) is 9.61. The Labute approximate surface area is 196 Å². The molecular formula is C24H26ClN3O5. The molecule has 0 spiro atoms. The first-order valence-corrected chi connectivity index (χ1v) is 11.0. The Morgan fingerprint density at radius 3 is 2.70 bits per heavy atom. The number of nitrogens with zero attached hydrogens (tertiary/aromatic N) is 2. The summed E-state index contributed by atoms with van der Waals surface area (Å²) in [6.07, 6.45) is 0. The van der Waals surface area contributed by atoms with E-state index in [4.69, 9.17) is 21.1 Å². The summed E-state index contributed by atoms with van der Waals surface area (Å²) in [5, 5.41) is 27.7. The Hall–Kier alpha value is -3.23. The molecule has 1 atom stereocenters. The Morgan fingerprint density at radius 1 is 1.21 bits per heavy atom. The van der Waals surface area contributed by atoms with Crippen molar-refractivity contribution in [1.29, 1.82) is 0 Å². The fraction of sp³-hybridized carbons (Fsp3) is 0.333. The molecule has 0 fully saturated rings. The quantitative estimate of drug-likeness (QED) is 0.458. The minimum absolute atomic E-state index is 0.00415. The van der Waals surface area contributed by atoms with Gasteiger partial charge in [0.25, 0.3) is 5.91 Å². The maximum Gasteiger partial charge on any atom is 0.273 e. The summed E-state index contributed by atoms with van der Waals surface area (Å²) < 4.78 is 11.4. The molecule has 8 nitrogen and oxygen atoms in total. The summed E-state index contributed by atoms with van der Waals surface area (Å²) in [5.74, 6) is 1.20. The van der Waals surface area contributed by atoms with E-state index >= 15 is 0 Å². The number of amides is 1. The molecule has 1 aliphatic heterocycles. The topological polar surface area (TPSA) is 108 Å². The molecule has 0 radical (unpaired) electrons. The van der Waals surface area contributed by atoms with Crippen molar-refractivity contribution < 1.29 is 24.5 Å². The van der Waals surface area contributed by atoms with Gasteiger partial charge in [-0.15, -0.1) is 0 Å². The van der Waals surface area contributed by atoms with Crippen LogP contribution in [0.4, 0.5) is 0 Å². The van der Waals surface area contributed by atoms with Crippen LogP contribution in [-0.2, 0) is 0 Å². The summed E-state index contributed by atoms with van der Waals surface area (Å²) >= 11 is 6.16. The number of β-amino-alcohol motifs (C(OH)–C–C–N with tert-alkyl or cyclic N) is 1. The number of H-pyrrole nitrogens is 1. The van der Waals surface area contributed by atoms with Gasteiger partial charge in [-0.2, -0.15) is 5.10 Å². The first kappa shape index (κ1) is 22.9. The lowest BCUT2D eigenvalue weighted by molar-refractivity contribution is 0.0706. The van der Waals surface area contributed by atoms with E-state index in [-0.39, 0.29) is 24.8 Å². The second-order valence-corrected chi connectivity index (χ2v) is 8.70. The number of fused-ring (bicyclic) bond motifs is 1. The van der Waals surface area contributed by atoms with Gasteiger partial charge in [-0.25, -0.2) is 0 Å². The molecule has 2 aromatic carbocycles. The van der Waals surface area contributed by atoms with Crippen LogP contribution in [0.5, 0.6) is 17.2 Å². The van der Waals surface area contributed by atoms with Crippen LogP contribution in [0, 0.1) is 5.92 Å². The lowest BCUT2D eigenvalue weighted by atomic mass is 9.95. The number of carbonyl (C=O) groups is 1. The van der Waals surface area contributed by atoms with Crippen molar-refractivity contribution in [2.75, 3.05) is 26.9 Å². The number of methoxy groups -OCH3 is 1. The number of aromatic amines is 1. The zero-order valence-electron chi connectivity index (χ0n) is 18.6. The van der Waals surface area contributed by atoms with Gasteiger partial charge in [0.15, 0.2) is 11.5 Å². The summed E-state index contributed by atoms with van der Waals surface area (Å²) in [5.41, 5.74) is 2.50. The molecule has 1 unspecified atom stereocenters. The van der Waals surface area contributed by atoms with E-state index in [1.165, 1.54) is 6.07 Å². The first-order chi connectivity index (χ1) is 15.8. The number of aliphatic hydroxyl groups is 1. The van der Waals surface area contributed by atoms with E-state index in [9.17, 15) is 15.0 Å². The van der Waals surface area contributed by atoms with Gasteiger partial charge >= 0.3 is 0 Å². The van der Waals surface area contributed by atoms with Crippen molar-refractivity contribution >= 4 is 17.5 Å². The molecule has 3 aromatic rings. The number of phenolic OH excluding ortho intramolecular Hbond substituents is 1. The molecule has 0 aliphatic carbocycles. The van der Waals surface area contributed by atoms with E-state index < -0.39 is 6.04 Å². The highest BCUT2D eigenvalue weighted by molar-refractivity contribution is 6.31. The Bertz CT molecular complexity index is 1180. The normalized spacial score (nSPS) is 15.3. The second-order valence-electron chi connectivity index (χ2n) is 8.26. The molecular weight excluding hydrogens is 446 g/mol. The Morgan fingerprint density at radius 2 is 2.00 bits per heavy atom. The average Bonchev–Trinajstić information content (AvgIpc) is 3.33. The third kappa shape index (κ3) is 4.24. The summed E-state index contributed by atoms with van der Waals surface area (Å²) in [6.45, 7) is 4.58. The molecule has 174 valence electrons. The number of halogens is 1. The van der Waals surface area contributed by atoms with Crippen LogP contribution in [0.2, 0.25) is 5.02 Å². The van der Waals surface area contributed by atoms with Crippen molar-refractivity contribution in [1.82, 2.24) is 15.1 Å². The van der Waals surface area contributed by atoms with Crippen LogP contribution in [0.25, 0.3) is 11.3 Å². The fourth-order valence-corrected chi connectivity index (χ4v) is 4.19. The van der Waals surface area contributed by atoms with Crippen LogP contribution in [-0.4, -0.2) is 58.1 Å². The van der Waals surface area contributed by atoms with Crippen molar-refractivity contribution in [2.24, 2.45) is 5.92 Å². The highest BCUT2D eigenvalue weighted by atomic mass is 35.5. The van der Waals surface area contributed by atoms with Crippen molar-refractivity contribution in [3.05, 3.63) is 58.2 Å². The highest BCUT2D eigenvalue weighted by Gasteiger charge is 2.42. The lowest BCUT2D eigenvalue weighted by Gasteiger charge is -2.26. The number of nitrogens with one attached hydrogen (secondary N) is 1. The lowest BCUT2D eigenvalue weighted by Crippen LogP contribution is -2.32. The number of aromatic hydroxyl groups is 1.